The molecule has 0 radical (unpaired) electrons. The van der Waals surface area contributed by atoms with E-state index in [4.69, 9.17) is 0 Å². The average Bonchev–Trinajstić information content (AvgIpc) is 2.53. The minimum Gasteiger partial charge on any atom is -0.338 e. The van der Waals surface area contributed by atoms with Crippen molar-refractivity contribution in [3.63, 3.8) is 0 Å². The Kier molecular flexibility index (Phi) is 3.64. The molecule has 1 aromatic carbocycles. The van der Waals surface area contributed by atoms with Crippen LogP contribution >= 0.6 is 0 Å². The van der Waals surface area contributed by atoms with E-state index in [1.54, 1.807) is 12.4 Å². The average molecular weight is 280 g/mol. The first-order valence-corrected chi connectivity index (χ1v) is 6.97. The normalized spacial score (nSPS) is 10.7. The summed E-state index contributed by atoms with van der Waals surface area (Å²) in [5.41, 5.74) is 2.28. The number of hydrogen-bond donors (Lipinski definition) is 2. The Balaban J connectivity index is 2.10. The van der Waals surface area contributed by atoms with Crippen LogP contribution in [0.3, 0.4) is 0 Å². The molecule has 5 heteroatoms. The zero-order chi connectivity index (χ0) is 14.7. The zero-order valence-corrected chi connectivity index (χ0v) is 11.8. The fourth-order valence-electron chi connectivity index (χ4n) is 2.30. The summed E-state index contributed by atoms with van der Waals surface area (Å²) >= 11 is 0. The number of carbonyl (C=O) groups is 1. The number of fused-ring (bicyclic) bond motifs is 3. The molecular weight excluding hydrogens is 264 g/mol. The maximum atomic E-state index is 11.9. The second-order valence-corrected chi connectivity index (χ2v) is 4.77. The van der Waals surface area contributed by atoms with Gasteiger partial charge in [-0.25, -0.2) is 4.79 Å². The predicted molar refractivity (Wildman–Crippen MR) is 84.4 cm³/mol. The minimum absolute atomic E-state index is 0.223. The summed E-state index contributed by atoms with van der Waals surface area (Å²) in [5, 5.41) is 7.66. The predicted octanol–water partition coefficient (Wildman–Crippen LogP) is 3.31. The molecule has 0 aliphatic heterocycles. The van der Waals surface area contributed by atoms with Gasteiger partial charge in [0.25, 0.3) is 0 Å². The monoisotopic (exact) mass is 280 g/mol. The third-order valence-electron chi connectivity index (χ3n) is 3.26. The molecule has 5 nitrogen and oxygen atoms in total. The molecule has 0 fully saturated rings. The summed E-state index contributed by atoms with van der Waals surface area (Å²) in [7, 11) is 0. The first kappa shape index (κ1) is 13.3. The van der Waals surface area contributed by atoms with Crippen molar-refractivity contribution in [3.05, 3.63) is 42.7 Å². The van der Waals surface area contributed by atoms with Gasteiger partial charge in [0.1, 0.15) is 0 Å². The fourth-order valence-corrected chi connectivity index (χ4v) is 2.30. The second-order valence-electron chi connectivity index (χ2n) is 4.77. The Bertz CT molecular complexity index is 800. The van der Waals surface area contributed by atoms with Gasteiger partial charge in [0.05, 0.1) is 16.7 Å². The van der Waals surface area contributed by atoms with Crippen LogP contribution in [0, 0.1) is 0 Å². The van der Waals surface area contributed by atoms with Crippen LogP contribution in [0.1, 0.15) is 13.3 Å². The van der Waals surface area contributed by atoms with Gasteiger partial charge in [0.15, 0.2) is 0 Å². The summed E-state index contributed by atoms with van der Waals surface area (Å²) in [6.45, 7) is 2.65. The molecule has 3 aromatic rings. The van der Waals surface area contributed by atoms with E-state index >= 15 is 0 Å². The highest BCUT2D eigenvalue weighted by Gasteiger charge is 2.10. The van der Waals surface area contributed by atoms with Crippen molar-refractivity contribution in [2.24, 2.45) is 0 Å². The Morgan fingerprint density at radius 2 is 1.90 bits per heavy atom. The number of nitrogens with one attached hydrogen (secondary N) is 2. The molecule has 2 aromatic heterocycles. The number of amides is 2. The summed E-state index contributed by atoms with van der Waals surface area (Å²) in [4.78, 5) is 20.6. The lowest BCUT2D eigenvalue weighted by Gasteiger charge is -2.11. The van der Waals surface area contributed by atoms with Crippen LogP contribution in [0.25, 0.3) is 21.8 Å². The molecule has 0 bridgehead atoms. The van der Waals surface area contributed by atoms with E-state index in [-0.39, 0.29) is 6.03 Å². The Morgan fingerprint density at radius 1 is 1.14 bits per heavy atom. The molecule has 0 unspecified atom stereocenters. The fraction of sp³-hybridized carbons (Fsp3) is 0.188. The first-order chi connectivity index (χ1) is 10.3. The SMILES string of the molecule is CCCNC(=O)Nc1cc2ncccc2c2cccnc12. The minimum atomic E-state index is -0.223. The van der Waals surface area contributed by atoms with Gasteiger partial charge in [-0.2, -0.15) is 0 Å². The molecular formula is C16H16N4O. The number of pyridine rings is 2. The van der Waals surface area contributed by atoms with Gasteiger partial charge in [-0.1, -0.05) is 19.1 Å². The number of aromatic nitrogens is 2. The molecule has 0 aliphatic carbocycles. The quantitative estimate of drug-likeness (QED) is 0.723. The highest BCUT2D eigenvalue weighted by atomic mass is 16.2. The van der Waals surface area contributed by atoms with Crippen LogP contribution in [-0.2, 0) is 0 Å². The molecule has 0 saturated carbocycles. The molecule has 0 aliphatic rings. The lowest BCUT2D eigenvalue weighted by Crippen LogP contribution is -2.29. The Morgan fingerprint density at radius 3 is 2.71 bits per heavy atom. The van der Waals surface area contributed by atoms with E-state index < -0.39 is 0 Å². The van der Waals surface area contributed by atoms with Crippen LogP contribution in [0.2, 0.25) is 0 Å². The smallest absolute Gasteiger partial charge is 0.319 e. The van der Waals surface area contributed by atoms with Crippen molar-refractivity contribution in [3.8, 4) is 0 Å². The topological polar surface area (TPSA) is 66.9 Å². The van der Waals surface area contributed by atoms with Gasteiger partial charge in [-0.15, -0.1) is 0 Å². The van der Waals surface area contributed by atoms with Crippen molar-refractivity contribution in [1.29, 1.82) is 0 Å². The van der Waals surface area contributed by atoms with Crippen LogP contribution in [0.5, 0.6) is 0 Å². The summed E-state index contributed by atoms with van der Waals surface area (Å²) < 4.78 is 0. The Labute approximate surface area is 122 Å². The number of nitrogens with zero attached hydrogens (tertiary/aromatic N) is 2. The molecule has 3 rings (SSSR count). The largest absolute Gasteiger partial charge is 0.338 e. The maximum Gasteiger partial charge on any atom is 0.319 e. The molecule has 0 atom stereocenters. The summed E-state index contributed by atoms with van der Waals surface area (Å²) in [6.07, 6.45) is 4.36. The first-order valence-electron chi connectivity index (χ1n) is 6.97. The third-order valence-corrected chi connectivity index (χ3v) is 3.26. The van der Waals surface area contributed by atoms with Crippen molar-refractivity contribution in [1.82, 2.24) is 15.3 Å². The number of urea groups is 1. The van der Waals surface area contributed by atoms with Crippen molar-refractivity contribution < 1.29 is 4.79 Å². The van der Waals surface area contributed by atoms with Crippen LogP contribution in [-0.4, -0.2) is 22.5 Å². The van der Waals surface area contributed by atoms with Gasteiger partial charge in [0, 0.05) is 29.7 Å². The van der Waals surface area contributed by atoms with Crippen LogP contribution < -0.4 is 10.6 Å². The maximum absolute atomic E-state index is 11.9. The van der Waals surface area contributed by atoms with Gasteiger partial charge in [-0.3, -0.25) is 9.97 Å². The number of benzene rings is 1. The van der Waals surface area contributed by atoms with E-state index in [9.17, 15) is 4.79 Å². The summed E-state index contributed by atoms with van der Waals surface area (Å²) in [6, 6.07) is 9.41. The number of carbonyl (C=O) groups excluding carboxylic acids is 1. The Hall–Kier alpha value is -2.69. The van der Waals surface area contributed by atoms with E-state index in [0.717, 1.165) is 28.2 Å². The number of hydrogen-bond acceptors (Lipinski definition) is 3. The van der Waals surface area contributed by atoms with Crippen molar-refractivity contribution >= 4 is 33.5 Å². The van der Waals surface area contributed by atoms with Crippen LogP contribution in [0.15, 0.2) is 42.7 Å². The van der Waals surface area contributed by atoms with E-state index in [1.807, 2.05) is 37.3 Å². The molecule has 2 amide bonds. The van der Waals surface area contributed by atoms with Gasteiger partial charge < -0.3 is 10.6 Å². The van der Waals surface area contributed by atoms with Gasteiger partial charge in [-0.05, 0) is 24.6 Å². The number of anilines is 1. The lowest BCUT2D eigenvalue weighted by atomic mass is 10.1. The highest BCUT2D eigenvalue weighted by Crippen LogP contribution is 2.29. The lowest BCUT2D eigenvalue weighted by molar-refractivity contribution is 0.252. The van der Waals surface area contributed by atoms with Crippen molar-refractivity contribution in [2.45, 2.75) is 13.3 Å². The third kappa shape index (κ3) is 2.63. The standard InChI is InChI=1S/C16H16N4O/c1-2-7-19-16(21)20-14-10-13-11(5-3-8-17-13)12-6-4-9-18-15(12)14/h3-6,8-10H,2,7H2,1H3,(H2,19,20,21). The van der Waals surface area contributed by atoms with E-state index in [1.165, 1.54) is 0 Å². The molecule has 2 N–H and O–H groups in total. The van der Waals surface area contributed by atoms with Gasteiger partial charge >= 0.3 is 6.03 Å². The van der Waals surface area contributed by atoms with Crippen molar-refractivity contribution in [2.75, 3.05) is 11.9 Å². The zero-order valence-electron chi connectivity index (χ0n) is 11.8. The molecule has 21 heavy (non-hydrogen) atoms. The molecule has 0 saturated heterocycles. The molecule has 0 spiro atoms. The van der Waals surface area contributed by atoms with E-state index in [0.29, 0.717) is 12.2 Å². The second kappa shape index (κ2) is 5.75. The summed E-state index contributed by atoms with van der Waals surface area (Å²) in [5.74, 6) is 0. The molecule has 106 valence electrons. The van der Waals surface area contributed by atoms with Crippen LogP contribution in [0.4, 0.5) is 10.5 Å². The molecule has 2 heterocycles. The number of rotatable bonds is 3. The van der Waals surface area contributed by atoms with E-state index in [2.05, 4.69) is 20.6 Å². The van der Waals surface area contributed by atoms with Gasteiger partial charge in [0.2, 0.25) is 0 Å². The highest BCUT2D eigenvalue weighted by molar-refractivity contribution is 6.12.